The maximum Gasteiger partial charge on any atom is 0.253 e. The van der Waals surface area contributed by atoms with Crippen molar-refractivity contribution >= 4 is 24.0 Å². The van der Waals surface area contributed by atoms with Crippen LogP contribution in [0.5, 0.6) is 0 Å². The van der Waals surface area contributed by atoms with Crippen molar-refractivity contribution in [3.05, 3.63) is 66.2 Å². The topological polar surface area (TPSA) is 41.6 Å². The Balaban J connectivity index is 0.00000196. The average Bonchev–Trinajstić information content (AvgIpc) is 3.06. The summed E-state index contributed by atoms with van der Waals surface area (Å²) in [6, 6.07) is 20.8. The third-order valence-electron chi connectivity index (χ3n) is 5.42. The van der Waals surface area contributed by atoms with Crippen molar-refractivity contribution in [2.24, 2.45) is 0 Å². The fraction of sp³-hybridized carbons (Fsp3) is 0.381. The number of aryl methyl sites for hydroxylation is 1. The summed E-state index contributed by atoms with van der Waals surface area (Å²) >= 11 is 0. The first-order valence-corrected chi connectivity index (χ1v) is 9.04. The lowest BCUT2D eigenvalue weighted by atomic mass is 9.88. The van der Waals surface area contributed by atoms with Crippen LogP contribution in [0, 0.1) is 0 Å². The highest BCUT2D eigenvalue weighted by atomic mass is 35.5. The summed E-state index contributed by atoms with van der Waals surface area (Å²) < 4.78 is 6.14. The zero-order valence-electron chi connectivity index (χ0n) is 14.8. The van der Waals surface area contributed by atoms with E-state index >= 15 is 0 Å². The van der Waals surface area contributed by atoms with Crippen molar-refractivity contribution in [2.75, 3.05) is 24.6 Å². The van der Waals surface area contributed by atoms with E-state index in [2.05, 4.69) is 29.6 Å². The van der Waals surface area contributed by atoms with Crippen LogP contribution < -0.4 is 10.2 Å². The smallest absolute Gasteiger partial charge is 0.253 e. The van der Waals surface area contributed by atoms with Crippen LogP contribution in [0.1, 0.15) is 18.4 Å². The monoisotopic (exact) mass is 372 g/mol. The summed E-state index contributed by atoms with van der Waals surface area (Å²) in [7, 11) is 0. The Morgan fingerprint density at radius 1 is 1.08 bits per heavy atom. The van der Waals surface area contributed by atoms with Gasteiger partial charge in [0.1, 0.15) is 12.2 Å². The van der Waals surface area contributed by atoms with Crippen LogP contribution in [-0.2, 0) is 16.0 Å². The molecule has 2 fully saturated rings. The number of amides is 1. The van der Waals surface area contributed by atoms with Gasteiger partial charge in [-0.2, -0.15) is 0 Å². The van der Waals surface area contributed by atoms with Gasteiger partial charge in [-0.15, -0.1) is 12.4 Å². The molecule has 138 valence electrons. The van der Waals surface area contributed by atoms with Gasteiger partial charge in [0.25, 0.3) is 5.91 Å². The van der Waals surface area contributed by atoms with E-state index in [0.717, 1.165) is 31.5 Å². The predicted molar refractivity (Wildman–Crippen MR) is 106 cm³/mol. The molecule has 2 aliphatic heterocycles. The zero-order chi connectivity index (χ0) is 17.1. The number of halogens is 1. The number of rotatable bonds is 4. The van der Waals surface area contributed by atoms with Crippen LogP contribution in [0.4, 0.5) is 5.69 Å². The van der Waals surface area contributed by atoms with Gasteiger partial charge in [0, 0.05) is 11.7 Å². The Kier molecular flexibility index (Phi) is 5.97. The minimum Gasteiger partial charge on any atom is -0.362 e. The molecule has 2 heterocycles. The number of ether oxygens (including phenoxy) is 1. The molecule has 2 aliphatic rings. The number of para-hydroxylation sites is 1. The Morgan fingerprint density at radius 3 is 2.50 bits per heavy atom. The Bertz CT molecular complexity index is 725. The van der Waals surface area contributed by atoms with Gasteiger partial charge in [0.15, 0.2) is 0 Å². The Morgan fingerprint density at radius 2 is 1.77 bits per heavy atom. The number of carbonyl (C=O) groups excluding carboxylic acids is 1. The van der Waals surface area contributed by atoms with Gasteiger partial charge in [-0.1, -0.05) is 48.5 Å². The molecule has 4 rings (SSSR count). The number of carbonyl (C=O) groups is 1. The van der Waals surface area contributed by atoms with Crippen molar-refractivity contribution < 1.29 is 9.53 Å². The molecule has 4 nitrogen and oxygen atoms in total. The number of nitrogens with one attached hydrogen (secondary N) is 1. The number of benzene rings is 2. The van der Waals surface area contributed by atoms with Crippen molar-refractivity contribution in [3.63, 3.8) is 0 Å². The van der Waals surface area contributed by atoms with Crippen LogP contribution >= 0.6 is 12.4 Å². The molecule has 1 spiro atoms. The first-order chi connectivity index (χ1) is 12.3. The van der Waals surface area contributed by atoms with Gasteiger partial charge in [-0.25, -0.2) is 0 Å². The molecule has 2 aromatic rings. The van der Waals surface area contributed by atoms with E-state index in [1.165, 1.54) is 5.56 Å². The minimum absolute atomic E-state index is 0. The molecule has 0 bridgehead atoms. The summed E-state index contributed by atoms with van der Waals surface area (Å²) in [5.41, 5.74) is 2.03. The molecule has 2 saturated heterocycles. The maximum atomic E-state index is 12.4. The highest BCUT2D eigenvalue weighted by molar-refractivity contribution is 5.95. The molecule has 0 radical (unpaired) electrons. The van der Waals surface area contributed by atoms with E-state index < -0.39 is 0 Å². The normalized spacial score (nSPS) is 25.3. The summed E-state index contributed by atoms with van der Waals surface area (Å²) in [4.78, 5) is 14.3. The third-order valence-corrected chi connectivity index (χ3v) is 5.42. The SMILES string of the molecule is Cl.O=C1COC2(CCNC2CCc2ccccc2)CN1c1ccccc1. The maximum absolute atomic E-state index is 12.4. The van der Waals surface area contributed by atoms with Crippen molar-refractivity contribution in [1.82, 2.24) is 5.32 Å². The highest BCUT2D eigenvalue weighted by Gasteiger charge is 2.48. The van der Waals surface area contributed by atoms with Crippen LogP contribution in [0.15, 0.2) is 60.7 Å². The fourth-order valence-electron chi connectivity index (χ4n) is 4.03. The van der Waals surface area contributed by atoms with Gasteiger partial charge in [-0.3, -0.25) is 4.79 Å². The molecule has 2 unspecified atom stereocenters. The average molecular weight is 373 g/mol. The fourth-order valence-corrected chi connectivity index (χ4v) is 4.03. The molecule has 0 saturated carbocycles. The second kappa shape index (κ2) is 8.21. The molecule has 5 heteroatoms. The van der Waals surface area contributed by atoms with Crippen LogP contribution in [0.2, 0.25) is 0 Å². The molecule has 0 aromatic heterocycles. The van der Waals surface area contributed by atoms with Crippen LogP contribution in [-0.4, -0.2) is 37.2 Å². The Labute approximate surface area is 160 Å². The quantitative estimate of drug-likeness (QED) is 0.896. The molecule has 2 aromatic carbocycles. The molecule has 26 heavy (non-hydrogen) atoms. The van der Waals surface area contributed by atoms with Gasteiger partial charge in [0.05, 0.1) is 6.54 Å². The highest BCUT2D eigenvalue weighted by Crippen LogP contribution is 2.34. The number of nitrogens with zero attached hydrogens (tertiary/aromatic N) is 1. The van der Waals surface area contributed by atoms with E-state index in [1.54, 1.807) is 0 Å². The molecule has 1 N–H and O–H groups in total. The van der Waals surface area contributed by atoms with E-state index in [-0.39, 0.29) is 36.6 Å². The standard InChI is InChI=1S/C21H24N2O2.ClH/c24-20-15-25-21(16-23(20)18-9-5-2-6-10-18)13-14-22-19(21)12-11-17-7-3-1-4-8-17;/h1-10,19,22H,11-16H2;1H. The summed E-state index contributed by atoms with van der Waals surface area (Å²) in [5.74, 6) is 0.0468. The second-order valence-electron chi connectivity index (χ2n) is 6.95. The van der Waals surface area contributed by atoms with Crippen LogP contribution in [0.25, 0.3) is 0 Å². The number of hydrogen-bond acceptors (Lipinski definition) is 3. The minimum atomic E-state index is -0.279. The van der Waals surface area contributed by atoms with Gasteiger partial charge < -0.3 is 15.0 Å². The molecule has 2 atom stereocenters. The van der Waals surface area contributed by atoms with Crippen molar-refractivity contribution in [2.45, 2.75) is 30.9 Å². The van der Waals surface area contributed by atoms with Crippen LogP contribution in [0.3, 0.4) is 0 Å². The van der Waals surface area contributed by atoms with Gasteiger partial charge in [0.2, 0.25) is 0 Å². The zero-order valence-corrected chi connectivity index (χ0v) is 15.6. The Hall–Kier alpha value is -1.88. The molecule has 1 amide bonds. The summed E-state index contributed by atoms with van der Waals surface area (Å²) in [6.45, 7) is 1.73. The third kappa shape index (κ3) is 3.78. The lowest BCUT2D eigenvalue weighted by molar-refractivity contribution is -0.140. The second-order valence-corrected chi connectivity index (χ2v) is 6.95. The first kappa shape index (κ1) is 18.9. The lowest BCUT2D eigenvalue weighted by Gasteiger charge is -2.43. The van der Waals surface area contributed by atoms with Gasteiger partial charge in [-0.05, 0) is 43.5 Å². The molecular weight excluding hydrogens is 348 g/mol. The van der Waals surface area contributed by atoms with E-state index in [1.807, 2.05) is 41.3 Å². The summed E-state index contributed by atoms with van der Waals surface area (Å²) in [6.07, 6.45) is 2.98. The number of anilines is 1. The first-order valence-electron chi connectivity index (χ1n) is 9.04. The largest absolute Gasteiger partial charge is 0.362 e. The predicted octanol–water partition coefficient (Wildman–Crippen LogP) is 3.21. The van der Waals surface area contributed by atoms with Gasteiger partial charge >= 0.3 is 0 Å². The number of hydrogen-bond donors (Lipinski definition) is 1. The lowest BCUT2D eigenvalue weighted by Crippen LogP contribution is -2.60. The van der Waals surface area contributed by atoms with E-state index in [4.69, 9.17) is 4.74 Å². The van der Waals surface area contributed by atoms with Crippen molar-refractivity contribution in [3.8, 4) is 0 Å². The van der Waals surface area contributed by atoms with Crippen molar-refractivity contribution in [1.29, 1.82) is 0 Å². The summed E-state index contributed by atoms with van der Waals surface area (Å²) in [5, 5.41) is 3.61. The van der Waals surface area contributed by atoms with E-state index in [9.17, 15) is 4.79 Å². The van der Waals surface area contributed by atoms with E-state index in [0.29, 0.717) is 6.54 Å². The molecular formula is C21H25ClN2O2. The molecule has 0 aliphatic carbocycles. The number of morpholine rings is 1.